The molecule has 1 aromatic carbocycles. The molecule has 1 saturated heterocycles. The maximum atomic E-state index is 12.1. The molecule has 0 bridgehead atoms. The van der Waals surface area contributed by atoms with Gasteiger partial charge in [0.15, 0.2) is 5.82 Å². The van der Waals surface area contributed by atoms with Crippen LogP contribution in [0, 0.1) is 0 Å². The summed E-state index contributed by atoms with van der Waals surface area (Å²) in [6, 6.07) is 6.34. The van der Waals surface area contributed by atoms with E-state index in [0.29, 0.717) is 36.8 Å². The van der Waals surface area contributed by atoms with Gasteiger partial charge in [-0.05, 0) is 58.0 Å². The molecule has 1 N–H and O–H groups in total. The third kappa shape index (κ3) is 6.03. The molecule has 0 saturated carbocycles. The van der Waals surface area contributed by atoms with E-state index in [4.69, 9.17) is 14.4 Å². The second kappa shape index (κ2) is 9.25. The van der Waals surface area contributed by atoms with E-state index in [1.165, 1.54) is 12.1 Å². The first-order valence-corrected chi connectivity index (χ1v) is 10.1. The minimum absolute atomic E-state index is 0.213. The van der Waals surface area contributed by atoms with E-state index in [0.717, 1.165) is 26.1 Å². The molecule has 162 valence electrons. The molecule has 0 spiro atoms. The number of carboxylic acid groups (broad SMARTS) is 1. The van der Waals surface area contributed by atoms with Crippen LogP contribution in [0.5, 0.6) is 0 Å². The van der Waals surface area contributed by atoms with Gasteiger partial charge in [-0.15, -0.1) is 0 Å². The number of aromatic carboxylic acids is 1. The number of rotatable bonds is 6. The molecule has 2 heterocycles. The summed E-state index contributed by atoms with van der Waals surface area (Å²) in [6.07, 6.45) is 1.31. The molecule has 0 atom stereocenters. The van der Waals surface area contributed by atoms with Crippen LogP contribution >= 0.6 is 0 Å². The van der Waals surface area contributed by atoms with Gasteiger partial charge in [0.05, 0.1) is 5.56 Å². The van der Waals surface area contributed by atoms with Crippen molar-refractivity contribution in [2.75, 3.05) is 32.7 Å². The zero-order chi connectivity index (χ0) is 21.7. The minimum atomic E-state index is -0.973. The highest BCUT2D eigenvalue weighted by molar-refractivity contribution is 5.88. The largest absolute Gasteiger partial charge is 0.478 e. The number of ether oxygens (including phenoxy) is 1. The van der Waals surface area contributed by atoms with Crippen LogP contribution in [0.15, 0.2) is 28.8 Å². The van der Waals surface area contributed by atoms with Gasteiger partial charge < -0.3 is 19.3 Å². The first-order valence-electron chi connectivity index (χ1n) is 10.1. The fourth-order valence-electron chi connectivity index (χ4n) is 3.17. The monoisotopic (exact) mass is 416 g/mol. The second-order valence-corrected chi connectivity index (χ2v) is 8.31. The minimum Gasteiger partial charge on any atom is -0.478 e. The second-order valence-electron chi connectivity index (χ2n) is 8.31. The van der Waals surface area contributed by atoms with Crippen molar-refractivity contribution < 1.29 is 24.0 Å². The van der Waals surface area contributed by atoms with Crippen molar-refractivity contribution in [3.63, 3.8) is 0 Å². The lowest BCUT2D eigenvalue weighted by Crippen LogP contribution is -2.50. The summed E-state index contributed by atoms with van der Waals surface area (Å²) >= 11 is 0. The Morgan fingerprint density at radius 1 is 1.13 bits per heavy atom. The van der Waals surface area contributed by atoms with Gasteiger partial charge in [-0.3, -0.25) is 4.90 Å². The lowest BCUT2D eigenvalue weighted by atomic mass is 10.1. The summed E-state index contributed by atoms with van der Waals surface area (Å²) in [5.74, 6) is 0.0345. The van der Waals surface area contributed by atoms with Crippen molar-refractivity contribution in [3.05, 3.63) is 35.7 Å². The Hall–Kier alpha value is -2.94. The smallest absolute Gasteiger partial charge is 0.410 e. The Morgan fingerprint density at radius 3 is 2.40 bits per heavy atom. The number of carbonyl (C=O) groups excluding carboxylic acids is 1. The van der Waals surface area contributed by atoms with Crippen molar-refractivity contribution in [1.29, 1.82) is 0 Å². The molecule has 0 aliphatic carbocycles. The van der Waals surface area contributed by atoms with Crippen LogP contribution in [0.4, 0.5) is 4.79 Å². The van der Waals surface area contributed by atoms with Crippen LogP contribution in [0.2, 0.25) is 0 Å². The van der Waals surface area contributed by atoms with E-state index in [1.807, 2.05) is 20.8 Å². The van der Waals surface area contributed by atoms with Crippen molar-refractivity contribution in [1.82, 2.24) is 19.9 Å². The van der Waals surface area contributed by atoms with Gasteiger partial charge in [-0.25, -0.2) is 9.59 Å². The Balaban J connectivity index is 1.41. The highest BCUT2D eigenvalue weighted by Crippen LogP contribution is 2.18. The average molecular weight is 416 g/mol. The first-order chi connectivity index (χ1) is 14.2. The van der Waals surface area contributed by atoms with E-state index in [-0.39, 0.29) is 11.7 Å². The third-order valence-corrected chi connectivity index (χ3v) is 4.75. The molecule has 1 aromatic heterocycles. The molecule has 1 aliphatic rings. The molecule has 1 aliphatic heterocycles. The van der Waals surface area contributed by atoms with Gasteiger partial charge in [0, 0.05) is 38.2 Å². The number of nitrogens with zero attached hydrogens (tertiary/aromatic N) is 4. The molecule has 1 fully saturated rings. The number of amides is 1. The number of carbonyl (C=O) groups is 2. The molecule has 30 heavy (non-hydrogen) atoms. The van der Waals surface area contributed by atoms with Crippen molar-refractivity contribution in [3.8, 4) is 11.5 Å². The van der Waals surface area contributed by atoms with Crippen LogP contribution in [0.25, 0.3) is 11.5 Å². The Bertz CT molecular complexity index is 864. The molecule has 0 radical (unpaired) electrons. The molecule has 1 amide bonds. The van der Waals surface area contributed by atoms with Crippen LogP contribution in [0.1, 0.15) is 43.4 Å². The van der Waals surface area contributed by atoms with Crippen molar-refractivity contribution in [2.24, 2.45) is 0 Å². The zero-order valence-corrected chi connectivity index (χ0v) is 17.6. The van der Waals surface area contributed by atoms with Gasteiger partial charge in [0.25, 0.3) is 5.89 Å². The molecule has 2 aromatic rings. The van der Waals surface area contributed by atoms with E-state index in [2.05, 4.69) is 15.0 Å². The van der Waals surface area contributed by atoms with Crippen molar-refractivity contribution >= 4 is 12.1 Å². The molecule has 9 nitrogen and oxygen atoms in total. The lowest BCUT2D eigenvalue weighted by molar-refractivity contribution is 0.0144. The fraction of sp³-hybridized carbons (Fsp3) is 0.524. The molecule has 9 heteroatoms. The summed E-state index contributed by atoms with van der Waals surface area (Å²) in [4.78, 5) is 31.5. The number of aromatic nitrogens is 2. The summed E-state index contributed by atoms with van der Waals surface area (Å²) < 4.78 is 10.7. The molecular weight excluding hydrogens is 388 g/mol. The predicted molar refractivity (Wildman–Crippen MR) is 109 cm³/mol. The number of piperazine rings is 1. The fourth-order valence-corrected chi connectivity index (χ4v) is 3.17. The van der Waals surface area contributed by atoms with Crippen LogP contribution in [-0.2, 0) is 11.2 Å². The standard InChI is InChI=1S/C21H28N4O5/c1-21(2,3)29-20(28)25-13-11-24(12-14-25)10-4-5-17-22-18(30-23-17)15-6-8-16(9-7-15)19(26)27/h6-9H,4-5,10-14H2,1-3H3,(H,26,27). The summed E-state index contributed by atoms with van der Waals surface area (Å²) in [6.45, 7) is 9.45. The van der Waals surface area contributed by atoms with Gasteiger partial charge >= 0.3 is 12.1 Å². The maximum Gasteiger partial charge on any atom is 0.410 e. The highest BCUT2D eigenvalue weighted by Gasteiger charge is 2.25. The van der Waals surface area contributed by atoms with E-state index < -0.39 is 11.6 Å². The summed E-state index contributed by atoms with van der Waals surface area (Å²) in [5.41, 5.74) is 0.429. The van der Waals surface area contributed by atoms with Gasteiger partial charge in [-0.1, -0.05) is 5.16 Å². The maximum absolute atomic E-state index is 12.1. The number of carboxylic acids is 1. The summed E-state index contributed by atoms with van der Waals surface area (Å²) in [7, 11) is 0. The molecule has 0 unspecified atom stereocenters. The van der Waals surface area contributed by atoms with Crippen LogP contribution < -0.4 is 0 Å². The number of benzene rings is 1. The topological polar surface area (TPSA) is 109 Å². The lowest BCUT2D eigenvalue weighted by Gasteiger charge is -2.35. The van der Waals surface area contributed by atoms with E-state index in [9.17, 15) is 9.59 Å². The van der Waals surface area contributed by atoms with Crippen LogP contribution in [0.3, 0.4) is 0 Å². The highest BCUT2D eigenvalue weighted by atomic mass is 16.6. The van der Waals surface area contributed by atoms with Crippen molar-refractivity contribution in [2.45, 2.75) is 39.2 Å². The van der Waals surface area contributed by atoms with Gasteiger partial charge in [0.1, 0.15) is 5.60 Å². The van der Waals surface area contributed by atoms with Gasteiger partial charge in [-0.2, -0.15) is 4.98 Å². The SMILES string of the molecule is CC(C)(C)OC(=O)N1CCN(CCCc2noc(-c3ccc(C(=O)O)cc3)n2)CC1. The Labute approximate surface area is 175 Å². The number of hydrogen-bond acceptors (Lipinski definition) is 7. The Morgan fingerprint density at radius 2 is 1.80 bits per heavy atom. The molecular formula is C21H28N4O5. The van der Waals surface area contributed by atoms with E-state index >= 15 is 0 Å². The third-order valence-electron chi connectivity index (χ3n) is 4.75. The van der Waals surface area contributed by atoms with Crippen LogP contribution in [-0.4, -0.2) is 75.4 Å². The number of aryl methyl sites for hydroxylation is 1. The molecule has 3 rings (SSSR count). The number of hydrogen-bond donors (Lipinski definition) is 1. The quantitative estimate of drug-likeness (QED) is 0.766. The van der Waals surface area contributed by atoms with E-state index in [1.54, 1.807) is 17.0 Å². The Kier molecular flexibility index (Phi) is 6.71. The zero-order valence-electron chi connectivity index (χ0n) is 17.6. The summed E-state index contributed by atoms with van der Waals surface area (Å²) in [5, 5.41) is 13.0. The predicted octanol–water partition coefficient (Wildman–Crippen LogP) is 2.92. The normalized spacial score (nSPS) is 15.2. The van der Waals surface area contributed by atoms with Gasteiger partial charge in [0.2, 0.25) is 0 Å². The first kappa shape index (κ1) is 21.8. The average Bonchev–Trinajstić information content (AvgIpc) is 3.16.